The van der Waals surface area contributed by atoms with Gasteiger partial charge in [0.1, 0.15) is 5.82 Å². The van der Waals surface area contributed by atoms with E-state index in [2.05, 4.69) is 5.32 Å². The van der Waals surface area contributed by atoms with Gasteiger partial charge in [-0.1, -0.05) is 18.2 Å². The second kappa shape index (κ2) is 7.64. The molecule has 0 unspecified atom stereocenters. The van der Waals surface area contributed by atoms with E-state index >= 15 is 0 Å². The van der Waals surface area contributed by atoms with Gasteiger partial charge in [-0.25, -0.2) is 4.39 Å². The number of hydrogen-bond acceptors (Lipinski definition) is 3. The summed E-state index contributed by atoms with van der Waals surface area (Å²) in [5.74, 6) is 0.838. The first-order valence-electron chi connectivity index (χ1n) is 6.45. The number of thioether (sulfide) groups is 1. The van der Waals surface area contributed by atoms with Gasteiger partial charge in [0.05, 0.1) is 5.56 Å². The average molecular weight is 306 g/mol. The molecule has 4 nitrogen and oxygen atoms in total. The number of amides is 1. The quantitative estimate of drug-likeness (QED) is 0.505. The molecule has 0 saturated carbocycles. The Kier molecular flexibility index (Phi) is 5.57. The lowest BCUT2D eigenvalue weighted by Gasteiger charge is -2.06. The van der Waals surface area contributed by atoms with Crippen LogP contribution in [0.3, 0.4) is 0 Å². The minimum absolute atomic E-state index is 0.204. The predicted molar refractivity (Wildman–Crippen MR) is 80.3 cm³/mol. The van der Waals surface area contributed by atoms with E-state index < -0.39 is 0 Å². The Balaban J connectivity index is 1.69. The van der Waals surface area contributed by atoms with Crippen molar-refractivity contribution in [3.63, 3.8) is 0 Å². The molecule has 0 radical (unpaired) electrons. The largest absolute Gasteiger partial charge is 0.619 e. The molecule has 0 aliphatic heterocycles. The van der Waals surface area contributed by atoms with E-state index in [1.807, 2.05) is 0 Å². The Bertz CT molecular complexity index is 605. The summed E-state index contributed by atoms with van der Waals surface area (Å²) < 4.78 is 14.0. The van der Waals surface area contributed by atoms with Crippen LogP contribution in [0.1, 0.15) is 15.9 Å². The van der Waals surface area contributed by atoms with Crippen molar-refractivity contribution in [3.05, 3.63) is 70.9 Å². The lowest BCUT2D eigenvalue weighted by atomic mass is 10.2. The van der Waals surface area contributed by atoms with E-state index in [9.17, 15) is 14.4 Å². The Hall–Kier alpha value is -2.08. The molecule has 0 saturated heterocycles. The number of pyridine rings is 1. The maximum Gasteiger partial charge on any atom is 0.251 e. The molecule has 2 rings (SSSR count). The highest BCUT2D eigenvalue weighted by atomic mass is 32.2. The molecule has 0 atom stereocenters. The molecule has 0 aliphatic carbocycles. The lowest BCUT2D eigenvalue weighted by molar-refractivity contribution is -0.605. The van der Waals surface area contributed by atoms with Crippen LogP contribution in [0, 0.1) is 11.0 Å². The van der Waals surface area contributed by atoms with Crippen LogP contribution in [0.5, 0.6) is 0 Å². The number of carbonyl (C=O) groups is 1. The van der Waals surface area contributed by atoms with E-state index in [0.29, 0.717) is 33.9 Å². The molecule has 1 aromatic heterocycles. The third-order valence-electron chi connectivity index (χ3n) is 2.81. The van der Waals surface area contributed by atoms with Crippen LogP contribution in [0.15, 0.2) is 48.8 Å². The lowest BCUT2D eigenvalue weighted by Crippen LogP contribution is -2.28. The minimum atomic E-state index is -0.220. The molecule has 6 heteroatoms. The maximum absolute atomic E-state index is 13.4. The van der Waals surface area contributed by atoms with Crippen LogP contribution in [-0.4, -0.2) is 18.2 Å². The normalized spacial score (nSPS) is 10.3. The second-order valence-electron chi connectivity index (χ2n) is 4.35. The third kappa shape index (κ3) is 4.75. The number of aromatic nitrogens is 1. The summed E-state index contributed by atoms with van der Waals surface area (Å²) in [6.45, 7) is 0.490. The molecule has 0 bridgehead atoms. The monoisotopic (exact) mass is 306 g/mol. The summed E-state index contributed by atoms with van der Waals surface area (Å²) in [7, 11) is 0. The highest BCUT2D eigenvalue weighted by Crippen LogP contribution is 2.14. The SMILES string of the molecule is O=C(NCCSCc1ccccc1F)c1cc[n+]([O-])cc1. The van der Waals surface area contributed by atoms with Crippen LogP contribution in [0.2, 0.25) is 0 Å². The molecular formula is C15H15FN2O2S. The van der Waals surface area contributed by atoms with Crippen LogP contribution < -0.4 is 10.0 Å². The van der Waals surface area contributed by atoms with E-state index in [-0.39, 0.29) is 11.7 Å². The zero-order chi connectivity index (χ0) is 15.1. The van der Waals surface area contributed by atoms with E-state index in [1.165, 1.54) is 30.6 Å². The van der Waals surface area contributed by atoms with Gasteiger partial charge in [-0.2, -0.15) is 16.5 Å². The van der Waals surface area contributed by atoms with Crippen molar-refractivity contribution >= 4 is 17.7 Å². The molecule has 0 fully saturated rings. The molecule has 2 aromatic rings. The number of nitrogens with one attached hydrogen (secondary N) is 1. The molecule has 21 heavy (non-hydrogen) atoms. The standard InChI is InChI=1S/C15H15FN2O2S/c16-14-4-2-1-3-13(14)11-21-10-7-17-15(19)12-5-8-18(20)9-6-12/h1-6,8-9H,7,10-11H2,(H,17,19). The van der Waals surface area contributed by atoms with E-state index in [4.69, 9.17) is 0 Å². The fourth-order valence-electron chi connectivity index (χ4n) is 1.70. The first kappa shape index (κ1) is 15.3. The number of halogens is 1. The van der Waals surface area contributed by atoms with Gasteiger partial charge in [-0.05, 0) is 11.6 Å². The minimum Gasteiger partial charge on any atom is -0.619 e. The van der Waals surface area contributed by atoms with E-state index in [0.717, 1.165) is 0 Å². The highest BCUT2D eigenvalue weighted by molar-refractivity contribution is 7.98. The van der Waals surface area contributed by atoms with Crippen molar-refractivity contribution in [1.82, 2.24) is 5.32 Å². The van der Waals surface area contributed by atoms with Gasteiger partial charge in [0, 0.05) is 30.2 Å². The van der Waals surface area contributed by atoms with Crippen LogP contribution in [0.4, 0.5) is 4.39 Å². The Morgan fingerprint density at radius 3 is 2.67 bits per heavy atom. The highest BCUT2D eigenvalue weighted by Gasteiger charge is 2.06. The summed E-state index contributed by atoms with van der Waals surface area (Å²) in [6.07, 6.45) is 2.56. The van der Waals surface area contributed by atoms with Crippen LogP contribution in [0.25, 0.3) is 0 Å². The third-order valence-corrected chi connectivity index (χ3v) is 3.82. The van der Waals surface area contributed by atoms with Gasteiger partial charge in [0.25, 0.3) is 5.91 Å². The predicted octanol–water partition coefficient (Wildman–Crippen LogP) is 2.12. The molecule has 1 amide bonds. The summed E-state index contributed by atoms with van der Waals surface area (Å²) in [6, 6.07) is 9.59. The van der Waals surface area contributed by atoms with Gasteiger partial charge < -0.3 is 10.5 Å². The number of carbonyl (C=O) groups excluding carboxylic acids is 1. The Morgan fingerprint density at radius 2 is 1.95 bits per heavy atom. The Morgan fingerprint density at radius 1 is 1.24 bits per heavy atom. The van der Waals surface area contributed by atoms with Crippen molar-refractivity contribution < 1.29 is 13.9 Å². The Labute approximate surface area is 126 Å². The van der Waals surface area contributed by atoms with Crippen molar-refractivity contribution in [2.24, 2.45) is 0 Å². The summed E-state index contributed by atoms with van der Waals surface area (Å²) in [5.41, 5.74) is 1.11. The first-order chi connectivity index (χ1) is 10.2. The number of benzene rings is 1. The topological polar surface area (TPSA) is 56.0 Å². The van der Waals surface area contributed by atoms with Gasteiger partial charge in [0.2, 0.25) is 0 Å². The molecule has 0 aliphatic rings. The number of hydrogen-bond donors (Lipinski definition) is 1. The zero-order valence-corrected chi connectivity index (χ0v) is 12.1. The van der Waals surface area contributed by atoms with Crippen molar-refractivity contribution in [2.45, 2.75) is 5.75 Å². The average Bonchev–Trinajstić information content (AvgIpc) is 2.49. The summed E-state index contributed by atoms with van der Waals surface area (Å²) >= 11 is 1.55. The zero-order valence-electron chi connectivity index (χ0n) is 11.3. The summed E-state index contributed by atoms with van der Waals surface area (Å²) in [5, 5.41) is 13.6. The molecule has 1 N–H and O–H groups in total. The first-order valence-corrected chi connectivity index (χ1v) is 7.60. The van der Waals surface area contributed by atoms with Crippen molar-refractivity contribution in [1.29, 1.82) is 0 Å². The smallest absolute Gasteiger partial charge is 0.251 e. The van der Waals surface area contributed by atoms with Crippen LogP contribution in [-0.2, 0) is 5.75 Å². The van der Waals surface area contributed by atoms with Crippen molar-refractivity contribution in [2.75, 3.05) is 12.3 Å². The van der Waals surface area contributed by atoms with Gasteiger partial charge >= 0.3 is 0 Å². The van der Waals surface area contributed by atoms with Gasteiger partial charge in [-0.3, -0.25) is 4.79 Å². The maximum atomic E-state index is 13.4. The summed E-state index contributed by atoms with van der Waals surface area (Å²) in [4.78, 5) is 11.8. The fourth-order valence-corrected chi connectivity index (χ4v) is 2.55. The number of rotatable bonds is 6. The molecule has 1 heterocycles. The second-order valence-corrected chi connectivity index (χ2v) is 5.45. The number of nitrogens with zero attached hydrogens (tertiary/aromatic N) is 1. The fraction of sp³-hybridized carbons (Fsp3) is 0.200. The van der Waals surface area contributed by atoms with E-state index in [1.54, 1.807) is 30.0 Å². The molecule has 1 aromatic carbocycles. The molecule has 0 spiro atoms. The molecule has 110 valence electrons. The molecular weight excluding hydrogens is 291 g/mol. The van der Waals surface area contributed by atoms with Crippen LogP contribution >= 0.6 is 11.8 Å². The van der Waals surface area contributed by atoms with Crippen molar-refractivity contribution in [3.8, 4) is 0 Å². The van der Waals surface area contributed by atoms with Gasteiger partial charge in [-0.15, -0.1) is 0 Å². The van der Waals surface area contributed by atoms with Gasteiger partial charge in [0.15, 0.2) is 12.4 Å².